The lowest BCUT2D eigenvalue weighted by Crippen LogP contribution is -2.37. The van der Waals surface area contributed by atoms with Crippen LogP contribution in [0, 0.1) is 5.41 Å². The van der Waals surface area contributed by atoms with Crippen molar-refractivity contribution in [2.75, 3.05) is 6.61 Å². The molecule has 112 valence electrons. The SMILES string of the molecule is CCOC(C(=O)c1cccc(C(F)(F)F)c1)C(C)(C)C. The van der Waals surface area contributed by atoms with Crippen molar-refractivity contribution in [2.45, 2.75) is 40.0 Å². The van der Waals surface area contributed by atoms with Crippen molar-refractivity contribution in [1.29, 1.82) is 0 Å². The third-order valence-electron chi connectivity index (χ3n) is 2.83. The molecule has 2 nitrogen and oxygen atoms in total. The Kier molecular flexibility index (Phi) is 4.97. The summed E-state index contributed by atoms with van der Waals surface area (Å²) in [4.78, 5) is 12.4. The van der Waals surface area contributed by atoms with Crippen molar-refractivity contribution in [1.82, 2.24) is 0 Å². The van der Waals surface area contributed by atoms with Gasteiger partial charge in [-0.25, -0.2) is 0 Å². The summed E-state index contributed by atoms with van der Waals surface area (Å²) in [7, 11) is 0. The minimum absolute atomic E-state index is 0.0215. The predicted molar refractivity (Wildman–Crippen MR) is 70.6 cm³/mol. The highest BCUT2D eigenvalue weighted by molar-refractivity contribution is 6.00. The Morgan fingerprint density at radius 1 is 1.25 bits per heavy atom. The summed E-state index contributed by atoms with van der Waals surface area (Å²) in [5, 5.41) is 0. The summed E-state index contributed by atoms with van der Waals surface area (Å²) in [6, 6.07) is 4.45. The second-order valence-corrected chi connectivity index (χ2v) is 5.64. The Morgan fingerprint density at radius 2 is 1.85 bits per heavy atom. The zero-order valence-corrected chi connectivity index (χ0v) is 12.0. The van der Waals surface area contributed by atoms with Gasteiger partial charge in [0.25, 0.3) is 0 Å². The number of hydrogen-bond acceptors (Lipinski definition) is 2. The van der Waals surface area contributed by atoms with Gasteiger partial charge in [0, 0.05) is 12.2 Å². The number of halogens is 3. The minimum atomic E-state index is -4.46. The Balaban J connectivity index is 3.13. The molecular formula is C15H19F3O2. The highest BCUT2D eigenvalue weighted by Crippen LogP contribution is 2.31. The zero-order chi connectivity index (χ0) is 15.6. The van der Waals surface area contributed by atoms with Crippen LogP contribution in [0.25, 0.3) is 0 Å². The largest absolute Gasteiger partial charge is 0.416 e. The second-order valence-electron chi connectivity index (χ2n) is 5.64. The highest BCUT2D eigenvalue weighted by Gasteiger charge is 2.35. The van der Waals surface area contributed by atoms with Crippen LogP contribution in [0.1, 0.15) is 43.6 Å². The van der Waals surface area contributed by atoms with Gasteiger partial charge in [-0.1, -0.05) is 32.9 Å². The second kappa shape index (κ2) is 5.95. The summed E-state index contributed by atoms with van der Waals surface area (Å²) in [5.74, 6) is -0.426. The number of hydrogen-bond donors (Lipinski definition) is 0. The maximum atomic E-state index is 12.7. The van der Waals surface area contributed by atoms with Gasteiger partial charge in [0.1, 0.15) is 6.10 Å². The molecule has 1 rings (SSSR count). The summed E-state index contributed by atoms with van der Waals surface area (Å²) >= 11 is 0. The van der Waals surface area contributed by atoms with Crippen molar-refractivity contribution < 1.29 is 22.7 Å². The van der Waals surface area contributed by atoms with Gasteiger partial charge in [-0.15, -0.1) is 0 Å². The van der Waals surface area contributed by atoms with E-state index in [0.717, 1.165) is 12.1 Å². The molecule has 1 unspecified atom stereocenters. The number of alkyl halides is 3. The van der Waals surface area contributed by atoms with E-state index >= 15 is 0 Å². The van der Waals surface area contributed by atoms with Crippen LogP contribution in [0.3, 0.4) is 0 Å². The molecule has 0 saturated carbocycles. The van der Waals surface area contributed by atoms with Gasteiger partial charge in [-0.05, 0) is 24.5 Å². The van der Waals surface area contributed by atoms with E-state index in [-0.39, 0.29) is 5.56 Å². The third-order valence-corrected chi connectivity index (χ3v) is 2.83. The van der Waals surface area contributed by atoms with Crippen LogP contribution in [0.15, 0.2) is 24.3 Å². The fraction of sp³-hybridized carbons (Fsp3) is 0.533. The maximum Gasteiger partial charge on any atom is 0.416 e. The summed E-state index contributed by atoms with van der Waals surface area (Å²) in [6.07, 6.45) is -5.23. The molecule has 1 aromatic rings. The quantitative estimate of drug-likeness (QED) is 0.770. The maximum absolute atomic E-state index is 12.7. The number of Topliss-reactive ketones (excluding diaryl/α,β-unsaturated/α-hetero) is 1. The first-order valence-corrected chi connectivity index (χ1v) is 6.40. The Labute approximate surface area is 116 Å². The summed E-state index contributed by atoms with van der Waals surface area (Å²) in [6.45, 7) is 7.53. The lowest BCUT2D eigenvalue weighted by Gasteiger charge is -2.29. The molecule has 0 N–H and O–H groups in total. The van der Waals surface area contributed by atoms with Gasteiger partial charge in [0.15, 0.2) is 5.78 Å². The number of carbonyl (C=O) groups is 1. The van der Waals surface area contributed by atoms with Crippen molar-refractivity contribution in [3.8, 4) is 0 Å². The molecule has 0 aliphatic heterocycles. The zero-order valence-electron chi connectivity index (χ0n) is 12.0. The molecule has 1 aromatic carbocycles. The lowest BCUT2D eigenvalue weighted by atomic mass is 9.84. The molecule has 0 aliphatic carbocycles. The fourth-order valence-corrected chi connectivity index (χ4v) is 1.89. The minimum Gasteiger partial charge on any atom is -0.370 e. The molecule has 5 heteroatoms. The first-order valence-electron chi connectivity index (χ1n) is 6.40. The van der Waals surface area contributed by atoms with Crippen LogP contribution in [-0.4, -0.2) is 18.5 Å². The van der Waals surface area contributed by atoms with Crippen LogP contribution in [0.4, 0.5) is 13.2 Å². The number of benzene rings is 1. The molecule has 0 radical (unpaired) electrons. The molecule has 0 spiro atoms. The molecule has 0 heterocycles. The molecule has 0 bridgehead atoms. The molecule has 0 amide bonds. The van der Waals surface area contributed by atoms with E-state index in [0.29, 0.717) is 6.61 Å². The summed E-state index contributed by atoms with van der Waals surface area (Å²) < 4.78 is 43.4. The first kappa shape index (κ1) is 16.7. The molecule has 20 heavy (non-hydrogen) atoms. The van der Waals surface area contributed by atoms with E-state index in [9.17, 15) is 18.0 Å². The van der Waals surface area contributed by atoms with Gasteiger partial charge >= 0.3 is 6.18 Å². The molecule has 0 saturated heterocycles. The fourth-order valence-electron chi connectivity index (χ4n) is 1.89. The van der Waals surface area contributed by atoms with E-state index < -0.39 is 29.0 Å². The molecule has 0 fully saturated rings. The lowest BCUT2D eigenvalue weighted by molar-refractivity contribution is -0.137. The van der Waals surface area contributed by atoms with E-state index in [4.69, 9.17) is 4.74 Å². The Bertz CT molecular complexity index is 473. The topological polar surface area (TPSA) is 26.3 Å². The molecular weight excluding hydrogens is 269 g/mol. The smallest absolute Gasteiger partial charge is 0.370 e. The van der Waals surface area contributed by atoms with Gasteiger partial charge in [-0.2, -0.15) is 13.2 Å². The standard InChI is InChI=1S/C15H19F3O2/c1-5-20-13(14(2,3)4)12(19)10-7-6-8-11(9-10)15(16,17)18/h6-9,13H,5H2,1-4H3. The normalized spacial score (nSPS) is 14.2. The Hall–Kier alpha value is -1.36. The Morgan fingerprint density at radius 3 is 2.30 bits per heavy atom. The van der Waals surface area contributed by atoms with E-state index in [1.807, 2.05) is 20.8 Å². The first-order chi connectivity index (χ1) is 9.07. The summed E-state index contributed by atoms with van der Waals surface area (Å²) in [5.41, 5.74) is -1.29. The van der Waals surface area contributed by atoms with E-state index in [2.05, 4.69) is 0 Å². The van der Waals surface area contributed by atoms with Gasteiger partial charge < -0.3 is 4.74 Å². The van der Waals surface area contributed by atoms with Gasteiger partial charge in [-0.3, -0.25) is 4.79 Å². The van der Waals surface area contributed by atoms with Crippen LogP contribution < -0.4 is 0 Å². The van der Waals surface area contributed by atoms with Crippen molar-refractivity contribution in [3.63, 3.8) is 0 Å². The van der Waals surface area contributed by atoms with Crippen LogP contribution >= 0.6 is 0 Å². The predicted octanol–water partition coefficient (Wildman–Crippen LogP) is 4.34. The van der Waals surface area contributed by atoms with Gasteiger partial charge in [0.05, 0.1) is 5.56 Å². The van der Waals surface area contributed by atoms with Crippen LogP contribution in [0.5, 0.6) is 0 Å². The van der Waals surface area contributed by atoms with E-state index in [1.54, 1.807) is 6.92 Å². The molecule has 0 aromatic heterocycles. The van der Waals surface area contributed by atoms with Crippen molar-refractivity contribution in [3.05, 3.63) is 35.4 Å². The average molecular weight is 288 g/mol. The number of ether oxygens (including phenoxy) is 1. The highest BCUT2D eigenvalue weighted by atomic mass is 19.4. The number of carbonyl (C=O) groups excluding carboxylic acids is 1. The van der Waals surface area contributed by atoms with Crippen molar-refractivity contribution in [2.24, 2.45) is 5.41 Å². The third kappa shape index (κ3) is 4.07. The van der Waals surface area contributed by atoms with Crippen LogP contribution in [0.2, 0.25) is 0 Å². The van der Waals surface area contributed by atoms with Crippen LogP contribution in [-0.2, 0) is 10.9 Å². The van der Waals surface area contributed by atoms with E-state index in [1.165, 1.54) is 12.1 Å². The molecule has 0 aliphatic rings. The molecule has 1 atom stereocenters. The monoisotopic (exact) mass is 288 g/mol. The number of rotatable bonds is 4. The number of ketones is 1. The van der Waals surface area contributed by atoms with Gasteiger partial charge in [0.2, 0.25) is 0 Å². The average Bonchev–Trinajstić information content (AvgIpc) is 2.33. The van der Waals surface area contributed by atoms with Crippen molar-refractivity contribution >= 4 is 5.78 Å².